The maximum absolute atomic E-state index is 11.1. The lowest BCUT2D eigenvalue weighted by Gasteiger charge is -2.20. The number of hydrogen-bond acceptors (Lipinski definition) is 5. The Labute approximate surface area is 106 Å². The first kappa shape index (κ1) is 14.6. The zero-order chi connectivity index (χ0) is 13.6. The van der Waals surface area contributed by atoms with Crippen molar-refractivity contribution in [2.45, 2.75) is 33.4 Å². The van der Waals surface area contributed by atoms with Gasteiger partial charge in [0.05, 0.1) is 11.1 Å². The van der Waals surface area contributed by atoms with Crippen molar-refractivity contribution < 1.29 is 9.90 Å². The molecule has 4 N–H and O–H groups in total. The van der Waals surface area contributed by atoms with Crippen LogP contribution in [0.1, 0.15) is 26.0 Å². The fourth-order valence-electron chi connectivity index (χ4n) is 1.35. The van der Waals surface area contributed by atoms with Crippen LogP contribution in [0.4, 0.5) is 0 Å². The van der Waals surface area contributed by atoms with Crippen molar-refractivity contribution in [2.75, 3.05) is 13.2 Å². The number of carbonyl (C=O) groups excluding carboxylic acids is 1. The molecule has 7 nitrogen and oxygen atoms in total. The fraction of sp³-hybridized carbons (Fsp3) is 0.727. The highest BCUT2D eigenvalue weighted by atomic mass is 16.3. The van der Waals surface area contributed by atoms with Gasteiger partial charge in [0, 0.05) is 32.4 Å². The van der Waals surface area contributed by atoms with Gasteiger partial charge >= 0.3 is 0 Å². The highest BCUT2D eigenvalue weighted by Crippen LogP contribution is 2.11. The van der Waals surface area contributed by atoms with Crippen molar-refractivity contribution in [2.24, 2.45) is 11.1 Å². The molecular formula is C11H21N5O2. The Morgan fingerprint density at radius 3 is 2.94 bits per heavy atom. The van der Waals surface area contributed by atoms with E-state index in [0.717, 1.165) is 5.69 Å². The molecule has 0 saturated heterocycles. The van der Waals surface area contributed by atoms with Gasteiger partial charge in [-0.15, -0.1) is 5.10 Å². The highest BCUT2D eigenvalue weighted by Gasteiger charge is 2.24. The predicted molar refractivity (Wildman–Crippen MR) is 66.4 cm³/mol. The molecule has 0 radical (unpaired) electrons. The molecule has 0 aliphatic rings. The number of aromatic nitrogens is 3. The molecule has 0 bridgehead atoms. The first-order valence-corrected chi connectivity index (χ1v) is 5.96. The van der Waals surface area contributed by atoms with Crippen LogP contribution in [-0.4, -0.2) is 39.2 Å². The number of nitrogens with zero attached hydrogens (tertiary/aromatic N) is 3. The number of primary amides is 1. The van der Waals surface area contributed by atoms with Crippen molar-refractivity contribution in [3.8, 4) is 0 Å². The van der Waals surface area contributed by atoms with Crippen molar-refractivity contribution >= 4 is 5.91 Å². The summed E-state index contributed by atoms with van der Waals surface area (Å²) in [5.74, 6) is -0.332. The number of carbonyl (C=O) groups is 1. The van der Waals surface area contributed by atoms with Gasteiger partial charge in [-0.05, 0) is 20.3 Å². The molecule has 0 saturated carbocycles. The van der Waals surface area contributed by atoms with Crippen molar-refractivity contribution in [1.29, 1.82) is 0 Å². The SMILES string of the molecule is CC(C)(CNCc1cn(CCCO)nn1)C(N)=O. The zero-order valence-electron chi connectivity index (χ0n) is 10.9. The monoisotopic (exact) mass is 255 g/mol. The Hall–Kier alpha value is -1.47. The third kappa shape index (κ3) is 4.42. The van der Waals surface area contributed by atoms with E-state index in [1.807, 2.05) is 6.20 Å². The second kappa shape index (κ2) is 6.46. The van der Waals surface area contributed by atoms with Gasteiger partial charge in [0.2, 0.25) is 5.91 Å². The van der Waals surface area contributed by atoms with Crippen LogP contribution in [0.5, 0.6) is 0 Å². The van der Waals surface area contributed by atoms with Crippen LogP contribution in [0.15, 0.2) is 6.20 Å². The lowest BCUT2D eigenvalue weighted by atomic mass is 9.93. The van der Waals surface area contributed by atoms with Gasteiger partial charge in [-0.25, -0.2) is 0 Å². The summed E-state index contributed by atoms with van der Waals surface area (Å²) in [5, 5.41) is 19.7. The quantitative estimate of drug-likeness (QED) is 0.567. The Morgan fingerprint density at radius 1 is 1.61 bits per heavy atom. The van der Waals surface area contributed by atoms with Crippen LogP contribution in [0.25, 0.3) is 0 Å². The molecule has 0 fully saturated rings. The number of aryl methyl sites for hydroxylation is 1. The molecule has 0 atom stereocenters. The largest absolute Gasteiger partial charge is 0.396 e. The van der Waals surface area contributed by atoms with E-state index in [0.29, 0.717) is 26.1 Å². The smallest absolute Gasteiger partial charge is 0.224 e. The average molecular weight is 255 g/mol. The molecule has 0 aromatic carbocycles. The van der Waals surface area contributed by atoms with E-state index < -0.39 is 5.41 Å². The van der Waals surface area contributed by atoms with E-state index in [1.165, 1.54) is 0 Å². The normalized spacial score (nSPS) is 11.7. The Kier molecular flexibility index (Phi) is 5.24. The van der Waals surface area contributed by atoms with E-state index in [1.54, 1.807) is 18.5 Å². The summed E-state index contributed by atoms with van der Waals surface area (Å²) in [7, 11) is 0. The van der Waals surface area contributed by atoms with Gasteiger partial charge in [0.15, 0.2) is 0 Å². The van der Waals surface area contributed by atoms with Gasteiger partial charge in [-0.2, -0.15) is 0 Å². The second-order valence-corrected chi connectivity index (χ2v) is 4.90. The standard InChI is InChI=1S/C11H21N5O2/c1-11(2,10(12)18)8-13-6-9-7-16(15-14-9)4-3-5-17/h7,13,17H,3-6,8H2,1-2H3,(H2,12,18). The van der Waals surface area contributed by atoms with Crippen molar-refractivity contribution in [3.63, 3.8) is 0 Å². The van der Waals surface area contributed by atoms with Crippen LogP contribution in [0.2, 0.25) is 0 Å². The second-order valence-electron chi connectivity index (χ2n) is 4.90. The van der Waals surface area contributed by atoms with E-state index >= 15 is 0 Å². The summed E-state index contributed by atoms with van der Waals surface area (Å²) in [6.07, 6.45) is 2.48. The van der Waals surface area contributed by atoms with Crippen LogP contribution in [0.3, 0.4) is 0 Å². The third-order valence-corrected chi connectivity index (χ3v) is 2.67. The molecule has 1 aromatic rings. The maximum atomic E-state index is 11.1. The molecule has 7 heteroatoms. The van der Waals surface area contributed by atoms with Gasteiger partial charge in [-0.1, -0.05) is 5.21 Å². The molecule has 0 spiro atoms. The number of rotatable bonds is 8. The number of nitrogens with one attached hydrogen (secondary N) is 1. The summed E-state index contributed by atoms with van der Waals surface area (Å²) >= 11 is 0. The Bertz CT molecular complexity index is 389. The van der Waals surface area contributed by atoms with Crippen molar-refractivity contribution in [3.05, 3.63) is 11.9 Å². The average Bonchev–Trinajstić information content (AvgIpc) is 2.74. The zero-order valence-corrected chi connectivity index (χ0v) is 10.9. The minimum atomic E-state index is -0.577. The number of nitrogens with two attached hydrogens (primary N) is 1. The van der Waals surface area contributed by atoms with Crippen LogP contribution < -0.4 is 11.1 Å². The number of aliphatic hydroxyl groups excluding tert-OH is 1. The predicted octanol–water partition coefficient (Wildman–Crippen LogP) is -0.738. The molecule has 1 aromatic heterocycles. The highest BCUT2D eigenvalue weighted by molar-refractivity contribution is 5.80. The van der Waals surface area contributed by atoms with Crippen LogP contribution in [-0.2, 0) is 17.9 Å². The third-order valence-electron chi connectivity index (χ3n) is 2.67. The topological polar surface area (TPSA) is 106 Å². The van der Waals surface area contributed by atoms with E-state index in [9.17, 15) is 4.79 Å². The molecule has 102 valence electrons. The summed E-state index contributed by atoms with van der Waals surface area (Å²) < 4.78 is 1.69. The van der Waals surface area contributed by atoms with Crippen LogP contribution in [0, 0.1) is 5.41 Å². The number of amides is 1. The van der Waals surface area contributed by atoms with Gasteiger partial charge < -0.3 is 16.2 Å². The van der Waals surface area contributed by atoms with Gasteiger partial charge in [0.25, 0.3) is 0 Å². The number of hydrogen-bond donors (Lipinski definition) is 3. The minimum absolute atomic E-state index is 0.139. The van der Waals surface area contributed by atoms with Gasteiger partial charge in [0.1, 0.15) is 0 Å². The molecule has 0 aliphatic heterocycles. The summed E-state index contributed by atoms with van der Waals surface area (Å²) in [6, 6.07) is 0. The van der Waals surface area contributed by atoms with E-state index in [4.69, 9.17) is 10.8 Å². The van der Waals surface area contributed by atoms with Crippen LogP contribution >= 0.6 is 0 Å². The lowest BCUT2D eigenvalue weighted by molar-refractivity contribution is -0.125. The summed E-state index contributed by atoms with van der Waals surface area (Å²) in [5.41, 5.74) is 5.50. The fourth-order valence-corrected chi connectivity index (χ4v) is 1.35. The molecule has 0 aliphatic carbocycles. The Balaban J connectivity index is 2.35. The lowest BCUT2D eigenvalue weighted by Crippen LogP contribution is -2.40. The molecule has 1 rings (SSSR count). The molecular weight excluding hydrogens is 234 g/mol. The number of aliphatic hydroxyl groups is 1. The maximum Gasteiger partial charge on any atom is 0.224 e. The van der Waals surface area contributed by atoms with E-state index in [-0.39, 0.29) is 12.5 Å². The van der Waals surface area contributed by atoms with E-state index in [2.05, 4.69) is 15.6 Å². The first-order valence-electron chi connectivity index (χ1n) is 5.96. The van der Waals surface area contributed by atoms with Gasteiger partial charge in [-0.3, -0.25) is 9.48 Å². The molecule has 18 heavy (non-hydrogen) atoms. The minimum Gasteiger partial charge on any atom is -0.396 e. The molecule has 1 heterocycles. The summed E-state index contributed by atoms with van der Waals surface area (Å²) in [6.45, 7) is 5.40. The first-order chi connectivity index (χ1) is 8.45. The summed E-state index contributed by atoms with van der Waals surface area (Å²) in [4.78, 5) is 11.1. The molecule has 0 unspecified atom stereocenters. The Morgan fingerprint density at radius 2 is 2.33 bits per heavy atom. The van der Waals surface area contributed by atoms with Crippen molar-refractivity contribution in [1.82, 2.24) is 20.3 Å². The molecule has 1 amide bonds.